The lowest BCUT2D eigenvalue weighted by molar-refractivity contribution is -0.120. The topological polar surface area (TPSA) is 50.4 Å². The molecular formula is C24H24N2O2S. The zero-order chi connectivity index (χ0) is 20.5. The third-order valence-electron chi connectivity index (χ3n) is 4.33. The first-order valence-corrected chi connectivity index (χ1v) is 10.0. The summed E-state index contributed by atoms with van der Waals surface area (Å²) >= 11 is 5.38. The highest BCUT2D eigenvalue weighted by Crippen LogP contribution is 2.25. The fourth-order valence-electron chi connectivity index (χ4n) is 3.02. The lowest BCUT2D eigenvalue weighted by atomic mass is 9.90. The SMILES string of the molecule is CCCOc1cccc(NC(=S)NC(=O)C(c2ccccc2)c2ccccc2)c1. The molecule has 0 aliphatic carbocycles. The molecule has 0 radical (unpaired) electrons. The summed E-state index contributed by atoms with van der Waals surface area (Å²) in [6, 6.07) is 26.9. The monoisotopic (exact) mass is 404 g/mol. The molecule has 5 heteroatoms. The van der Waals surface area contributed by atoms with Crippen LogP contribution in [-0.4, -0.2) is 17.6 Å². The van der Waals surface area contributed by atoms with Crippen molar-refractivity contribution in [1.29, 1.82) is 0 Å². The summed E-state index contributed by atoms with van der Waals surface area (Å²) in [7, 11) is 0. The number of nitrogens with one attached hydrogen (secondary N) is 2. The first-order chi connectivity index (χ1) is 14.2. The van der Waals surface area contributed by atoms with Gasteiger partial charge in [0.25, 0.3) is 0 Å². The molecule has 4 nitrogen and oxygen atoms in total. The highest BCUT2D eigenvalue weighted by atomic mass is 32.1. The van der Waals surface area contributed by atoms with Crippen molar-refractivity contribution in [2.45, 2.75) is 19.3 Å². The molecule has 0 unspecified atom stereocenters. The first-order valence-electron chi connectivity index (χ1n) is 9.62. The second-order valence-corrected chi connectivity index (χ2v) is 6.98. The van der Waals surface area contributed by atoms with E-state index in [-0.39, 0.29) is 11.0 Å². The van der Waals surface area contributed by atoms with Crippen molar-refractivity contribution in [2.24, 2.45) is 0 Å². The summed E-state index contributed by atoms with van der Waals surface area (Å²) in [6.45, 7) is 2.71. The van der Waals surface area contributed by atoms with Gasteiger partial charge in [0.1, 0.15) is 5.75 Å². The molecule has 0 bridgehead atoms. The first kappa shape index (κ1) is 20.6. The van der Waals surface area contributed by atoms with E-state index in [1.807, 2.05) is 84.9 Å². The molecule has 0 saturated heterocycles. The summed E-state index contributed by atoms with van der Waals surface area (Å²) in [5.74, 6) is 0.132. The molecule has 148 valence electrons. The number of benzene rings is 3. The second kappa shape index (κ2) is 10.4. The molecule has 0 aromatic heterocycles. The van der Waals surface area contributed by atoms with Crippen molar-refractivity contribution in [2.75, 3.05) is 11.9 Å². The summed E-state index contributed by atoms with van der Waals surface area (Å²) in [6.07, 6.45) is 0.937. The van der Waals surface area contributed by atoms with Crippen LogP contribution in [0.3, 0.4) is 0 Å². The van der Waals surface area contributed by atoms with Gasteiger partial charge in [-0.2, -0.15) is 0 Å². The number of carbonyl (C=O) groups is 1. The Kier molecular flexibility index (Phi) is 7.36. The van der Waals surface area contributed by atoms with Crippen LogP contribution in [0.15, 0.2) is 84.9 Å². The summed E-state index contributed by atoms with van der Waals surface area (Å²) in [5.41, 5.74) is 2.59. The van der Waals surface area contributed by atoms with Gasteiger partial charge >= 0.3 is 0 Å². The Balaban J connectivity index is 1.72. The van der Waals surface area contributed by atoms with Gasteiger partial charge in [-0.15, -0.1) is 0 Å². The van der Waals surface area contributed by atoms with Crippen LogP contribution in [-0.2, 0) is 4.79 Å². The fraction of sp³-hybridized carbons (Fsp3) is 0.167. The van der Waals surface area contributed by atoms with E-state index in [1.165, 1.54) is 0 Å². The van der Waals surface area contributed by atoms with Crippen LogP contribution in [0.2, 0.25) is 0 Å². The van der Waals surface area contributed by atoms with Crippen molar-refractivity contribution in [3.63, 3.8) is 0 Å². The Morgan fingerprint density at radius 3 is 2.14 bits per heavy atom. The molecule has 0 spiro atoms. The maximum absolute atomic E-state index is 13.1. The maximum atomic E-state index is 13.1. The summed E-state index contributed by atoms with van der Waals surface area (Å²) < 4.78 is 5.64. The number of carbonyl (C=O) groups excluding carboxylic acids is 1. The number of amides is 1. The van der Waals surface area contributed by atoms with Crippen molar-refractivity contribution in [3.8, 4) is 5.75 Å². The van der Waals surface area contributed by atoms with Crippen molar-refractivity contribution in [3.05, 3.63) is 96.1 Å². The van der Waals surface area contributed by atoms with Crippen LogP contribution in [0.25, 0.3) is 0 Å². The third-order valence-corrected chi connectivity index (χ3v) is 4.53. The van der Waals surface area contributed by atoms with Gasteiger partial charge < -0.3 is 15.4 Å². The standard InChI is InChI=1S/C24H24N2O2S/c1-2-16-28-21-15-9-14-20(17-21)25-24(29)26-23(27)22(18-10-5-3-6-11-18)19-12-7-4-8-13-19/h3-15,17,22H,2,16H2,1H3,(H2,25,26,27,29). The van der Waals surface area contributed by atoms with E-state index >= 15 is 0 Å². The third kappa shape index (κ3) is 5.90. The van der Waals surface area contributed by atoms with Crippen molar-refractivity contribution in [1.82, 2.24) is 5.32 Å². The van der Waals surface area contributed by atoms with Crippen LogP contribution in [0.4, 0.5) is 5.69 Å². The number of ether oxygens (including phenoxy) is 1. The van der Waals surface area contributed by atoms with Gasteiger partial charge in [0, 0.05) is 11.8 Å². The Labute approximate surface area is 176 Å². The average molecular weight is 405 g/mol. The Morgan fingerprint density at radius 2 is 1.55 bits per heavy atom. The van der Waals surface area contributed by atoms with Gasteiger partial charge in [0.2, 0.25) is 5.91 Å². The number of hydrogen-bond acceptors (Lipinski definition) is 3. The van der Waals surface area contributed by atoms with Gasteiger partial charge in [-0.3, -0.25) is 4.79 Å². The van der Waals surface area contributed by atoms with E-state index in [2.05, 4.69) is 17.6 Å². The molecule has 0 aliphatic heterocycles. The predicted molar refractivity (Wildman–Crippen MR) is 121 cm³/mol. The molecule has 29 heavy (non-hydrogen) atoms. The largest absolute Gasteiger partial charge is 0.494 e. The average Bonchev–Trinajstić information content (AvgIpc) is 2.74. The van der Waals surface area contributed by atoms with E-state index in [9.17, 15) is 4.79 Å². The van der Waals surface area contributed by atoms with Crippen LogP contribution in [0.5, 0.6) is 5.75 Å². The number of hydrogen-bond donors (Lipinski definition) is 2. The second-order valence-electron chi connectivity index (χ2n) is 6.57. The lowest BCUT2D eigenvalue weighted by Gasteiger charge is -2.19. The Hall–Kier alpha value is -3.18. The summed E-state index contributed by atoms with van der Waals surface area (Å²) in [4.78, 5) is 13.1. The molecule has 3 aromatic rings. The fourth-order valence-corrected chi connectivity index (χ4v) is 3.23. The molecule has 0 aliphatic rings. The van der Waals surface area contributed by atoms with E-state index in [1.54, 1.807) is 0 Å². The Bertz CT molecular complexity index is 906. The summed E-state index contributed by atoms with van der Waals surface area (Å²) in [5, 5.41) is 6.15. The molecule has 0 saturated carbocycles. The maximum Gasteiger partial charge on any atom is 0.238 e. The van der Waals surface area contributed by atoms with Gasteiger partial charge in [0.15, 0.2) is 5.11 Å². The van der Waals surface area contributed by atoms with Crippen LogP contribution in [0.1, 0.15) is 30.4 Å². The number of rotatable bonds is 7. The minimum Gasteiger partial charge on any atom is -0.494 e. The normalized spacial score (nSPS) is 10.4. The minimum atomic E-state index is -0.448. The smallest absolute Gasteiger partial charge is 0.238 e. The Morgan fingerprint density at radius 1 is 0.931 bits per heavy atom. The van der Waals surface area contributed by atoms with Gasteiger partial charge in [-0.05, 0) is 41.9 Å². The van der Waals surface area contributed by atoms with Crippen molar-refractivity contribution >= 4 is 28.9 Å². The van der Waals surface area contributed by atoms with Crippen LogP contribution >= 0.6 is 12.2 Å². The molecule has 0 fully saturated rings. The van der Waals surface area contributed by atoms with E-state index in [4.69, 9.17) is 17.0 Å². The quantitative estimate of drug-likeness (QED) is 0.537. The molecular weight excluding hydrogens is 380 g/mol. The number of thiocarbonyl (C=S) groups is 1. The number of anilines is 1. The molecule has 3 rings (SSSR count). The van der Waals surface area contributed by atoms with Crippen LogP contribution in [0, 0.1) is 0 Å². The van der Waals surface area contributed by atoms with Crippen molar-refractivity contribution < 1.29 is 9.53 Å². The molecule has 0 heterocycles. The molecule has 2 N–H and O–H groups in total. The molecule has 1 amide bonds. The predicted octanol–water partition coefficient (Wildman–Crippen LogP) is 5.12. The zero-order valence-electron chi connectivity index (χ0n) is 16.3. The van der Waals surface area contributed by atoms with E-state index < -0.39 is 5.92 Å². The van der Waals surface area contributed by atoms with E-state index in [0.29, 0.717) is 6.61 Å². The molecule has 3 aromatic carbocycles. The molecule has 0 atom stereocenters. The lowest BCUT2D eigenvalue weighted by Crippen LogP contribution is -2.37. The van der Waals surface area contributed by atoms with Gasteiger partial charge in [0.05, 0.1) is 12.5 Å². The zero-order valence-corrected chi connectivity index (χ0v) is 17.1. The highest BCUT2D eigenvalue weighted by Gasteiger charge is 2.23. The van der Waals surface area contributed by atoms with Gasteiger partial charge in [-0.25, -0.2) is 0 Å². The highest BCUT2D eigenvalue weighted by molar-refractivity contribution is 7.80. The van der Waals surface area contributed by atoms with Crippen LogP contribution < -0.4 is 15.4 Å². The van der Waals surface area contributed by atoms with E-state index in [0.717, 1.165) is 29.0 Å². The minimum absolute atomic E-state index is 0.182. The van der Waals surface area contributed by atoms with Gasteiger partial charge in [-0.1, -0.05) is 73.7 Å².